The molecule has 3 rings (SSSR count). The van der Waals surface area contributed by atoms with E-state index in [9.17, 15) is 18.8 Å². The fourth-order valence-electron chi connectivity index (χ4n) is 3.72. The van der Waals surface area contributed by atoms with Crippen LogP contribution in [0.5, 0.6) is 0 Å². The monoisotopic (exact) mass is 466 g/mol. The summed E-state index contributed by atoms with van der Waals surface area (Å²) < 4.78 is 19.0. The van der Waals surface area contributed by atoms with Crippen molar-refractivity contribution < 1.29 is 18.4 Å². The summed E-state index contributed by atoms with van der Waals surface area (Å²) in [5.41, 5.74) is 1.30. The molecule has 1 aromatic heterocycles. The van der Waals surface area contributed by atoms with Crippen molar-refractivity contribution in [2.75, 3.05) is 6.54 Å². The lowest BCUT2D eigenvalue weighted by Crippen LogP contribution is -2.47. The maximum Gasteiger partial charge on any atom is 0.242 e. The summed E-state index contributed by atoms with van der Waals surface area (Å²) in [4.78, 5) is 42.4. The molecule has 0 aliphatic carbocycles. The number of carbonyl (C=O) groups excluding carboxylic acids is 2. The molecular formula is C27H31FN2O4. The zero-order valence-electron chi connectivity index (χ0n) is 20.1. The highest BCUT2D eigenvalue weighted by Gasteiger charge is 2.27. The summed E-state index contributed by atoms with van der Waals surface area (Å²) in [7, 11) is 0. The lowest BCUT2D eigenvalue weighted by molar-refractivity contribution is -0.144. The lowest BCUT2D eigenvalue weighted by atomic mass is 10.1. The van der Waals surface area contributed by atoms with Gasteiger partial charge < -0.3 is 14.2 Å². The Morgan fingerprint density at radius 1 is 1.00 bits per heavy atom. The van der Waals surface area contributed by atoms with Gasteiger partial charge in [-0.3, -0.25) is 14.4 Å². The fourth-order valence-corrected chi connectivity index (χ4v) is 3.72. The van der Waals surface area contributed by atoms with Crippen LogP contribution in [0.2, 0.25) is 0 Å². The van der Waals surface area contributed by atoms with Gasteiger partial charge in [-0.05, 0) is 43.2 Å². The Morgan fingerprint density at radius 3 is 2.32 bits per heavy atom. The van der Waals surface area contributed by atoms with Crippen LogP contribution in [0.4, 0.5) is 4.39 Å². The van der Waals surface area contributed by atoms with Gasteiger partial charge in [-0.2, -0.15) is 0 Å². The smallest absolute Gasteiger partial charge is 0.242 e. The first-order valence-corrected chi connectivity index (χ1v) is 11.5. The second-order valence-corrected chi connectivity index (χ2v) is 8.84. The van der Waals surface area contributed by atoms with Crippen molar-refractivity contribution in [2.45, 2.75) is 53.2 Å². The third-order valence-electron chi connectivity index (χ3n) is 5.96. The molecule has 0 saturated heterocycles. The topological polar surface area (TPSA) is 70.8 Å². The molecule has 180 valence electrons. The Balaban J connectivity index is 1.93. The van der Waals surface area contributed by atoms with Crippen LogP contribution >= 0.6 is 0 Å². The molecule has 2 amide bonds. The van der Waals surface area contributed by atoms with Gasteiger partial charge in [0, 0.05) is 18.5 Å². The van der Waals surface area contributed by atoms with Crippen molar-refractivity contribution in [1.82, 2.24) is 9.80 Å². The highest BCUT2D eigenvalue weighted by molar-refractivity contribution is 5.86. The molecule has 1 unspecified atom stereocenters. The van der Waals surface area contributed by atoms with Gasteiger partial charge >= 0.3 is 0 Å². The van der Waals surface area contributed by atoms with Gasteiger partial charge in [-0.25, -0.2) is 4.39 Å². The van der Waals surface area contributed by atoms with Crippen LogP contribution < -0.4 is 5.43 Å². The Hall–Kier alpha value is -3.48. The molecule has 7 heteroatoms. The van der Waals surface area contributed by atoms with Crippen molar-refractivity contribution in [1.29, 1.82) is 0 Å². The average Bonchev–Trinajstić information content (AvgIpc) is 2.84. The molecule has 0 aliphatic rings. The van der Waals surface area contributed by atoms with E-state index in [0.29, 0.717) is 28.5 Å². The van der Waals surface area contributed by atoms with Crippen molar-refractivity contribution in [2.24, 2.45) is 5.92 Å². The van der Waals surface area contributed by atoms with Gasteiger partial charge in [0.1, 0.15) is 17.9 Å². The summed E-state index contributed by atoms with van der Waals surface area (Å²) in [5.74, 6) is -1.03. The first-order valence-electron chi connectivity index (χ1n) is 11.5. The number of carbonyl (C=O) groups is 2. The van der Waals surface area contributed by atoms with Gasteiger partial charge in [0.25, 0.3) is 0 Å². The van der Waals surface area contributed by atoms with Gasteiger partial charge in [0.05, 0.1) is 23.8 Å². The second kappa shape index (κ2) is 11.1. The molecule has 0 aliphatic heterocycles. The van der Waals surface area contributed by atoms with E-state index in [-0.39, 0.29) is 54.7 Å². The van der Waals surface area contributed by atoms with E-state index in [0.717, 1.165) is 0 Å². The average molecular weight is 467 g/mol. The molecular weight excluding hydrogens is 435 g/mol. The largest absolute Gasteiger partial charge is 0.464 e. The Bertz CT molecular complexity index is 1200. The Labute approximate surface area is 199 Å². The fraction of sp³-hybridized carbons (Fsp3) is 0.370. The summed E-state index contributed by atoms with van der Waals surface area (Å²) in [6, 6.07) is 12.7. The number of para-hydroxylation sites is 1. The van der Waals surface area contributed by atoms with Gasteiger partial charge in [-0.15, -0.1) is 0 Å². The maximum absolute atomic E-state index is 13.5. The number of nitrogens with zero attached hydrogens (tertiary/aromatic N) is 2. The van der Waals surface area contributed by atoms with Crippen molar-refractivity contribution in [3.63, 3.8) is 0 Å². The molecule has 0 N–H and O–H groups in total. The molecule has 1 heterocycles. The second-order valence-electron chi connectivity index (χ2n) is 8.84. The van der Waals surface area contributed by atoms with E-state index >= 15 is 0 Å². The standard InChI is InChI=1S/C27H31FN2O4/c1-5-19(4)30(27(33)18(2)3)16-25(31)29(14-20-10-12-22(28)13-11-20)15-21-17-34-24-9-7-6-8-23(24)26(21)32/h6-13,17-19H,5,14-16H2,1-4H3. The van der Waals surface area contributed by atoms with Crippen LogP contribution in [0.25, 0.3) is 11.0 Å². The van der Waals surface area contributed by atoms with Crippen LogP contribution in [0.15, 0.2) is 64.0 Å². The van der Waals surface area contributed by atoms with E-state index in [4.69, 9.17) is 4.42 Å². The predicted octanol–water partition coefficient (Wildman–Crippen LogP) is 4.74. The quantitative estimate of drug-likeness (QED) is 0.457. The molecule has 0 radical (unpaired) electrons. The van der Waals surface area contributed by atoms with Crippen molar-refractivity contribution in [3.8, 4) is 0 Å². The number of hydrogen-bond acceptors (Lipinski definition) is 4. The molecule has 6 nitrogen and oxygen atoms in total. The van der Waals surface area contributed by atoms with Gasteiger partial charge in [0.15, 0.2) is 5.43 Å². The van der Waals surface area contributed by atoms with E-state index in [1.54, 1.807) is 55.1 Å². The van der Waals surface area contributed by atoms with Crippen LogP contribution in [0.3, 0.4) is 0 Å². The number of amides is 2. The minimum absolute atomic E-state index is 0.00753. The highest BCUT2D eigenvalue weighted by Crippen LogP contribution is 2.16. The Kier molecular flexibility index (Phi) is 8.21. The first-order chi connectivity index (χ1) is 16.2. The van der Waals surface area contributed by atoms with Gasteiger partial charge in [0.2, 0.25) is 11.8 Å². The minimum atomic E-state index is -0.373. The summed E-state index contributed by atoms with van der Waals surface area (Å²) in [6.45, 7) is 7.55. The van der Waals surface area contributed by atoms with Crippen LogP contribution in [-0.2, 0) is 22.7 Å². The molecule has 0 fully saturated rings. The van der Waals surface area contributed by atoms with Gasteiger partial charge in [-0.1, -0.05) is 45.0 Å². The van der Waals surface area contributed by atoms with Crippen LogP contribution in [0, 0.1) is 11.7 Å². The van der Waals surface area contributed by atoms with E-state index < -0.39 is 0 Å². The molecule has 1 atom stereocenters. The molecule has 3 aromatic rings. The SMILES string of the molecule is CCC(C)N(CC(=O)N(Cc1ccc(F)cc1)Cc1coc2ccccc2c1=O)C(=O)C(C)C. The molecule has 0 bridgehead atoms. The number of hydrogen-bond donors (Lipinski definition) is 0. The number of benzene rings is 2. The lowest BCUT2D eigenvalue weighted by Gasteiger charge is -2.32. The molecule has 0 saturated carbocycles. The highest BCUT2D eigenvalue weighted by atomic mass is 19.1. The van der Waals surface area contributed by atoms with Crippen LogP contribution in [-0.4, -0.2) is 34.2 Å². The normalized spacial score (nSPS) is 12.1. The number of fused-ring (bicyclic) bond motifs is 1. The van der Waals surface area contributed by atoms with Crippen molar-refractivity contribution >= 4 is 22.8 Å². The predicted molar refractivity (Wildman–Crippen MR) is 129 cm³/mol. The number of halogens is 1. The maximum atomic E-state index is 13.5. The minimum Gasteiger partial charge on any atom is -0.464 e. The third kappa shape index (κ3) is 5.90. The zero-order valence-corrected chi connectivity index (χ0v) is 20.1. The first kappa shape index (κ1) is 25.1. The molecule has 34 heavy (non-hydrogen) atoms. The summed E-state index contributed by atoms with van der Waals surface area (Å²) in [6.07, 6.45) is 2.08. The third-order valence-corrected chi connectivity index (χ3v) is 5.96. The number of rotatable bonds is 9. The van der Waals surface area contributed by atoms with E-state index in [1.165, 1.54) is 23.3 Å². The molecule has 2 aromatic carbocycles. The molecule has 0 spiro atoms. The zero-order chi connectivity index (χ0) is 24.8. The summed E-state index contributed by atoms with van der Waals surface area (Å²) >= 11 is 0. The van der Waals surface area contributed by atoms with Crippen molar-refractivity contribution in [3.05, 3.63) is 82.0 Å². The Morgan fingerprint density at radius 2 is 1.68 bits per heavy atom. The summed E-state index contributed by atoms with van der Waals surface area (Å²) in [5, 5.41) is 0.436. The van der Waals surface area contributed by atoms with Crippen LogP contribution in [0.1, 0.15) is 45.2 Å². The van der Waals surface area contributed by atoms with E-state index in [1.807, 2.05) is 13.8 Å². The van der Waals surface area contributed by atoms with E-state index in [2.05, 4.69) is 0 Å².